The molecule has 0 radical (unpaired) electrons. The molecule has 1 atom stereocenters. The molecular weight excluding hydrogens is 338 g/mol. The topological polar surface area (TPSA) is 113 Å². The molecule has 0 aliphatic carbocycles. The largest absolute Gasteiger partial charge is 0.368 e. The molecule has 0 spiro atoms. The average Bonchev–Trinajstić information content (AvgIpc) is 3.30. The number of thiophene rings is 1. The van der Waals surface area contributed by atoms with Crippen LogP contribution < -0.4 is 16.0 Å². The number of fused-ring (bicyclic) bond motifs is 1. The highest BCUT2D eigenvalue weighted by atomic mass is 32.1. The van der Waals surface area contributed by atoms with E-state index in [2.05, 4.69) is 30.2 Å². The van der Waals surface area contributed by atoms with E-state index in [0.29, 0.717) is 18.1 Å². The zero-order valence-electron chi connectivity index (χ0n) is 13.6. The molecule has 130 valence electrons. The van der Waals surface area contributed by atoms with Crippen LogP contribution in [-0.4, -0.2) is 45.5 Å². The van der Waals surface area contributed by atoms with Gasteiger partial charge in [0.05, 0.1) is 11.2 Å². The minimum atomic E-state index is -0.00522. The summed E-state index contributed by atoms with van der Waals surface area (Å²) in [7, 11) is 0. The maximum absolute atomic E-state index is 12.1. The van der Waals surface area contributed by atoms with Crippen molar-refractivity contribution < 1.29 is 4.79 Å². The lowest BCUT2D eigenvalue weighted by Crippen LogP contribution is -2.41. The van der Waals surface area contributed by atoms with Gasteiger partial charge in [-0.2, -0.15) is 9.97 Å². The summed E-state index contributed by atoms with van der Waals surface area (Å²) in [6, 6.07) is 3.73. The smallest absolute Gasteiger partial charge is 0.261 e. The van der Waals surface area contributed by atoms with Crippen molar-refractivity contribution in [2.75, 3.05) is 30.3 Å². The van der Waals surface area contributed by atoms with Crippen molar-refractivity contribution in [1.82, 2.24) is 25.3 Å². The number of imidazole rings is 1. The number of H-pyrrole nitrogens is 1. The highest BCUT2D eigenvalue weighted by molar-refractivity contribution is 7.12. The van der Waals surface area contributed by atoms with E-state index in [-0.39, 0.29) is 11.9 Å². The van der Waals surface area contributed by atoms with E-state index in [1.54, 1.807) is 6.33 Å². The van der Waals surface area contributed by atoms with Gasteiger partial charge < -0.3 is 20.9 Å². The fraction of sp³-hybridized carbons (Fsp3) is 0.375. The molecule has 4 N–H and O–H groups in total. The maximum Gasteiger partial charge on any atom is 0.261 e. The molecule has 4 rings (SSSR count). The van der Waals surface area contributed by atoms with E-state index in [1.807, 2.05) is 17.5 Å². The van der Waals surface area contributed by atoms with Crippen molar-refractivity contribution in [3.05, 3.63) is 28.7 Å². The third-order valence-corrected chi connectivity index (χ3v) is 5.27. The number of rotatable bonds is 4. The third kappa shape index (κ3) is 3.27. The fourth-order valence-corrected chi connectivity index (χ4v) is 3.86. The van der Waals surface area contributed by atoms with Crippen LogP contribution >= 0.6 is 11.3 Å². The normalized spacial score (nSPS) is 17.8. The van der Waals surface area contributed by atoms with E-state index < -0.39 is 0 Å². The van der Waals surface area contributed by atoms with Gasteiger partial charge >= 0.3 is 0 Å². The van der Waals surface area contributed by atoms with Crippen LogP contribution in [0.2, 0.25) is 0 Å². The molecule has 8 nitrogen and oxygen atoms in total. The number of anilines is 2. The number of amides is 1. The standard InChI is InChI=1S/C16H19N7OS/c17-16-21-13-12(19-9-20-13)14(22-16)23-5-1-3-10(8-23)7-18-15(24)11-4-2-6-25-11/h2,4,6,9-10H,1,3,5,7-8H2,(H,18,24)(H3,17,19,20,21,22). The van der Waals surface area contributed by atoms with Crippen LogP contribution in [0.1, 0.15) is 22.5 Å². The summed E-state index contributed by atoms with van der Waals surface area (Å²) in [6.45, 7) is 2.37. The van der Waals surface area contributed by atoms with Gasteiger partial charge in [-0.1, -0.05) is 6.07 Å². The van der Waals surface area contributed by atoms with Crippen LogP contribution in [0.3, 0.4) is 0 Å². The minimum Gasteiger partial charge on any atom is -0.368 e. The number of hydrogen-bond donors (Lipinski definition) is 3. The van der Waals surface area contributed by atoms with Gasteiger partial charge in [0.1, 0.15) is 5.52 Å². The van der Waals surface area contributed by atoms with Gasteiger partial charge in [0.25, 0.3) is 5.91 Å². The molecule has 9 heteroatoms. The Morgan fingerprint density at radius 1 is 1.48 bits per heavy atom. The summed E-state index contributed by atoms with van der Waals surface area (Å²) in [5.74, 6) is 1.37. The first-order chi connectivity index (χ1) is 12.2. The summed E-state index contributed by atoms with van der Waals surface area (Å²) in [6.07, 6.45) is 3.72. The predicted octanol–water partition coefficient (Wildman–Crippen LogP) is 1.64. The van der Waals surface area contributed by atoms with Crippen LogP contribution in [0, 0.1) is 5.92 Å². The molecule has 0 saturated carbocycles. The van der Waals surface area contributed by atoms with Gasteiger partial charge in [0, 0.05) is 19.6 Å². The Bertz CT molecular complexity index is 876. The number of nitrogen functional groups attached to an aromatic ring is 1. The lowest BCUT2D eigenvalue weighted by molar-refractivity contribution is 0.0949. The van der Waals surface area contributed by atoms with Crippen molar-refractivity contribution in [1.29, 1.82) is 0 Å². The third-order valence-electron chi connectivity index (χ3n) is 4.40. The van der Waals surface area contributed by atoms with E-state index in [1.165, 1.54) is 11.3 Å². The first kappa shape index (κ1) is 15.8. The van der Waals surface area contributed by atoms with E-state index in [9.17, 15) is 4.79 Å². The van der Waals surface area contributed by atoms with Gasteiger partial charge in [0.2, 0.25) is 5.95 Å². The van der Waals surface area contributed by atoms with Crippen molar-refractivity contribution in [2.24, 2.45) is 5.92 Å². The lowest BCUT2D eigenvalue weighted by atomic mass is 9.98. The molecule has 1 aliphatic rings. The first-order valence-electron chi connectivity index (χ1n) is 8.24. The maximum atomic E-state index is 12.1. The van der Waals surface area contributed by atoms with Gasteiger partial charge in [-0.25, -0.2) is 4.98 Å². The molecular formula is C16H19N7OS. The summed E-state index contributed by atoms with van der Waals surface area (Å²) in [5.41, 5.74) is 7.20. The Morgan fingerprint density at radius 3 is 3.24 bits per heavy atom. The number of carbonyl (C=O) groups is 1. The zero-order chi connectivity index (χ0) is 17.2. The Labute approximate surface area is 148 Å². The number of nitrogens with two attached hydrogens (primary N) is 1. The minimum absolute atomic E-state index is 0.00522. The van der Waals surface area contributed by atoms with Crippen molar-refractivity contribution in [3.63, 3.8) is 0 Å². The van der Waals surface area contributed by atoms with Gasteiger partial charge in [-0.3, -0.25) is 4.79 Å². The number of nitrogens with zero attached hydrogens (tertiary/aromatic N) is 4. The SMILES string of the molecule is Nc1nc(N2CCCC(CNC(=O)c3cccs3)C2)c2[nH]cnc2n1. The predicted molar refractivity (Wildman–Crippen MR) is 97.7 cm³/mol. The summed E-state index contributed by atoms with van der Waals surface area (Å²) in [4.78, 5) is 30.9. The number of carbonyl (C=O) groups excluding carboxylic acids is 1. The summed E-state index contributed by atoms with van der Waals surface area (Å²) in [5, 5.41) is 4.95. The van der Waals surface area contributed by atoms with E-state index in [0.717, 1.165) is 42.1 Å². The molecule has 1 amide bonds. The summed E-state index contributed by atoms with van der Waals surface area (Å²) >= 11 is 1.45. The van der Waals surface area contributed by atoms with Gasteiger partial charge in [-0.15, -0.1) is 11.3 Å². The average molecular weight is 357 g/mol. The number of aromatic amines is 1. The second-order valence-corrected chi connectivity index (χ2v) is 7.10. The Kier molecular flexibility index (Phi) is 4.22. The van der Waals surface area contributed by atoms with Crippen LogP contribution in [-0.2, 0) is 0 Å². The molecule has 3 aromatic heterocycles. The highest BCUT2D eigenvalue weighted by Gasteiger charge is 2.24. The van der Waals surface area contributed by atoms with Crippen LogP contribution in [0.15, 0.2) is 23.8 Å². The molecule has 3 aromatic rings. The highest BCUT2D eigenvalue weighted by Crippen LogP contribution is 2.26. The van der Waals surface area contributed by atoms with Crippen molar-refractivity contribution in [3.8, 4) is 0 Å². The molecule has 1 aliphatic heterocycles. The van der Waals surface area contributed by atoms with E-state index >= 15 is 0 Å². The number of nitrogens with one attached hydrogen (secondary N) is 2. The molecule has 4 heterocycles. The molecule has 1 unspecified atom stereocenters. The number of piperidine rings is 1. The molecule has 1 fully saturated rings. The van der Waals surface area contributed by atoms with Crippen LogP contribution in [0.4, 0.5) is 11.8 Å². The molecule has 25 heavy (non-hydrogen) atoms. The summed E-state index contributed by atoms with van der Waals surface area (Å²) < 4.78 is 0. The van der Waals surface area contributed by atoms with Gasteiger partial charge in [0.15, 0.2) is 11.5 Å². The molecule has 0 bridgehead atoms. The number of aromatic nitrogens is 4. The molecule has 1 saturated heterocycles. The second kappa shape index (κ2) is 6.67. The first-order valence-corrected chi connectivity index (χ1v) is 9.12. The molecule has 0 aromatic carbocycles. The zero-order valence-corrected chi connectivity index (χ0v) is 14.4. The quantitative estimate of drug-likeness (QED) is 0.654. The van der Waals surface area contributed by atoms with Crippen LogP contribution in [0.5, 0.6) is 0 Å². The van der Waals surface area contributed by atoms with Crippen molar-refractivity contribution in [2.45, 2.75) is 12.8 Å². The Morgan fingerprint density at radius 2 is 2.40 bits per heavy atom. The van der Waals surface area contributed by atoms with E-state index in [4.69, 9.17) is 5.73 Å². The van der Waals surface area contributed by atoms with Crippen LogP contribution in [0.25, 0.3) is 11.2 Å². The number of hydrogen-bond acceptors (Lipinski definition) is 7. The second-order valence-electron chi connectivity index (χ2n) is 6.15. The fourth-order valence-electron chi connectivity index (χ4n) is 3.22. The lowest BCUT2D eigenvalue weighted by Gasteiger charge is -2.33. The van der Waals surface area contributed by atoms with Gasteiger partial charge in [-0.05, 0) is 30.2 Å². The Balaban J connectivity index is 1.45. The monoisotopic (exact) mass is 357 g/mol. The Hall–Kier alpha value is -2.68. The van der Waals surface area contributed by atoms with Crippen molar-refractivity contribution >= 4 is 40.2 Å².